The molecule has 0 fully saturated rings. The minimum atomic E-state index is 0.0977. The summed E-state index contributed by atoms with van der Waals surface area (Å²) in [5, 5.41) is 4.40. The Morgan fingerprint density at radius 3 is 2.52 bits per heavy atom. The van der Waals surface area contributed by atoms with Crippen LogP contribution in [-0.2, 0) is 24.8 Å². The van der Waals surface area contributed by atoms with Crippen LogP contribution in [0.15, 0.2) is 18.2 Å². The normalized spacial score (nSPS) is 10.6. The highest BCUT2D eigenvalue weighted by molar-refractivity contribution is 5.76. The van der Waals surface area contributed by atoms with Crippen molar-refractivity contribution >= 4 is 5.91 Å². The number of amides is 1. The van der Waals surface area contributed by atoms with Crippen LogP contribution in [0.25, 0.3) is 0 Å². The van der Waals surface area contributed by atoms with Crippen molar-refractivity contribution in [3.8, 4) is 11.5 Å². The Bertz CT molecular complexity index is 753. The Labute approximate surface area is 149 Å². The van der Waals surface area contributed by atoms with E-state index >= 15 is 0 Å². The Morgan fingerprint density at radius 2 is 1.96 bits per heavy atom. The molecule has 0 atom stereocenters. The molecule has 1 heterocycles. The van der Waals surface area contributed by atoms with Crippen molar-refractivity contribution in [2.24, 2.45) is 7.05 Å². The van der Waals surface area contributed by atoms with Gasteiger partial charge in [0.1, 0.15) is 11.5 Å². The van der Waals surface area contributed by atoms with Crippen molar-refractivity contribution in [2.45, 2.75) is 33.2 Å². The monoisotopic (exact) mass is 345 g/mol. The summed E-state index contributed by atoms with van der Waals surface area (Å²) in [6.07, 6.45) is 1.16. The molecule has 0 spiro atoms. The third-order valence-corrected chi connectivity index (χ3v) is 4.58. The Morgan fingerprint density at radius 1 is 1.24 bits per heavy atom. The van der Waals surface area contributed by atoms with E-state index < -0.39 is 0 Å². The average Bonchev–Trinajstić information content (AvgIpc) is 2.85. The van der Waals surface area contributed by atoms with Crippen LogP contribution in [0, 0.1) is 13.8 Å². The Hall–Kier alpha value is -2.50. The second-order valence-corrected chi connectivity index (χ2v) is 6.20. The van der Waals surface area contributed by atoms with Gasteiger partial charge in [-0.1, -0.05) is 0 Å². The molecular formula is C19H27N3O3. The van der Waals surface area contributed by atoms with Crippen LogP contribution >= 0.6 is 0 Å². The molecule has 0 aliphatic carbocycles. The van der Waals surface area contributed by atoms with E-state index in [9.17, 15) is 4.79 Å². The lowest BCUT2D eigenvalue weighted by Gasteiger charge is -2.19. The Kier molecular flexibility index (Phi) is 6.07. The van der Waals surface area contributed by atoms with Crippen molar-refractivity contribution in [2.75, 3.05) is 21.3 Å². The van der Waals surface area contributed by atoms with Crippen molar-refractivity contribution in [3.05, 3.63) is 40.7 Å². The number of hydrogen-bond acceptors (Lipinski definition) is 4. The van der Waals surface area contributed by atoms with Gasteiger partial charge in [-0.15, -0.1) is 0 Å². The summed E-state index contributed by atoms with van der Waals surface area (Å²) in [6.45, 7) is 4.52. The second kappa shape index (κ2) is 8.05. The Balaban J connectivity index is 2.01. The second-order valence-electron chi connectivity index (χ2n) is 6.20. The number of carbonyl (C=O) groups is 1. The third-order valence-electron chi connectivity index (χ3n) is 4.58. The van der Waals surface area contributed by atoms with Gasteiger partial charge in [-0.2, -0.15) is 5.10 Å². The largest absolute Gasteiger partial charge is 0.497 e. The van der Waals surface area contributed by atoms with E-state index in [1.54, 1.807) is 19.1 Å². The first kappa shape index (κ1) is 18.8. The van der Waals surface area contributed by atoms with Gasteiger partial charge in [0.05, 0.1) is 19.9 Å². The maximum Gasteiger partial charge on any atom is 0.222 e. The molecule has 6 nitrogen and oxygen atoms in total. The summed E-state index contributed by atoms with van der Waals surface area (Å²) in [5.41, 5.74) is 4.22. The molecule has 2 aromatic rings. The summed E-state index contributed by atoms with van der Waals surface area (Å²) >= 11 is 0. The average molecular weight is 345 g/mol. The summed E-state index contributed by atoms with van der Waals surface area (Å²) in [6, 6.07) is 5.63. The van der Waals surface area contributed by atoms with Crippen LogP contribution in [-0.4, -0.2) is 41.9 Å². The highest BCUT2D eigenvalue weighted by Gasteiger charge is 2.15. The molecule has 25 heavy (non-hydrogen) atoms. The van der Waals surface area contributed by atoms with Crippen LogP contribution in [0.1, 0.15) is 28.9 Å². The van der Waals surface area contributed by atoms with Crippen molar-refractivity contribution in [1.82, 2.24) is 14.7 Å². The van der Waals surface area contributed by atoms with E-state index in [2.05, 4.69) is 5.10 Å². The predicted molar refractivity (Wildman–Crippen MR) is 97.0 cm³/mol. The third kappa shape index (κ3) is 4.32. The molecule has 0 aliphatic rings. The van der Waals surface area contributed by atoms with Gasteiger partial charge in [-0.25, -0.2) is 0 Å². The molecule has 0 unspecified atom stereocenters. The van der Waals surface area contributed by atoms with Gasteiger partial charge < -0.3 is 14.4 Å². The van der Waals surface area contributed by atoms with Gasteiger partial charge in [-0.3, -0.25) is 9.48 Å². The predicted octanol–water partition coefficient (Wildman–Crippen LogP) is 2.65. The molecule has 0 saturated heterocycles. The molecule has 1 amide bonds. The van der Waals surface area contributed by atoms with Crippen LogP contribution in [0.2, 0.25) is 0 Å². The molecule has 136 valence electrons. The van der Waals surface area contributed by atoms with E-state index in [4.69, 9.17) is 9.47 Å². The number of aryl methyl sites for hydroxylation is 2. The van der Waals surface area contributed by atoms with Crippen molar-refractivity contribution < 1.29 is 14.3 Å². The summed E-state index contributed by atoms with van der Waals surface area (Å²) in [5.74, 6) is 1.55. The molecule has 1 aromatic heterocycles. The van der Waals surface area contributed by atoms with Crippen molar-refractivity contribution in [3.63, 3.8) is 0 Å². The lowest BCUT2D eigenvalue weighted by molar-refractivity contribution is -0.130. The van der Waals surface area contributed by atoms with Gasteiger partial charge in [-0.05, 0) is 38.0 Å². The van der Waals surface area contributed by atoms with Gasteiger partial charge in [0.2, 0.25) is 5.91 Å². The van der Waals surface area contributed by atoms with Gasteiger partial charge >= 0.3 is 0 Å². The van der Waals surface area contributed by atoms with Gasteiger partial charge in [0.15, 0.2) is 0 Å². The lowest BCUT2D eigenvalue weighted by Crippen LogP contribution is -2.26. The summed E-state index contributed by atoms with van der Waals surface area (Å²) in [7, 11) is 6.98. The molecule has 2 rings (SSSR count). The standard InChI is InChI=1S/C19H27N3O3/c1-13-17(14(2)22(4)20-13)9-10-19(23)21(3)12-15-7-8-16(24-5)11-18(15)25-6/h7-8,11H,9-10,12H2,1-6H3. The molecule has 0 N–H and O–H groups in total. The zero-order chi connectivity index (χ0) is 18.6. The quantitative estimate of drug-likeness (QED) is 0.774. The number of methoxy groups -OCH3 is 2. The van der Waals surface area contributed by atoms with Crippen LogP contribution in [0.5, 0.6) is 11.5 Å². The highest BCUT2D eigenvalue weighted by atomic mass is 16.5. The zero-order valence-corrected chi connectivity index (χ0v) is 15.9. The molecule has 1 aromatic carbocycles. The van der Waals surface area contributed by atoms with E-state index in [1.807, 2.05) is 50.8 Å². The van der Waals surface area contributed by atoms with E-state index in [0.717, 1.165) is 34.0 Å². The van der Waals surface area contributed by atoms with Crippen LogP contribution < -0.4 is 9.47 Å². The molecular weight excluding hydrogens is 318 g/mol. The first-order valence-corrected chi connectivity index (χ1v) is 8.31. The SMILES string of the molecule is COc1ccc(CN(C)C(=O)CCc2c(C)nn(C)c2C)c(OC)c1. The fourth-order valence-electron chi connectivity index (χ4n) is 2.93. The van der Waals surface area contributed by atoms with Gasteiger partial charge in [0, 0.05) is 44.4 Å². The molecule has 0 radical (unpaired) electrons. The highest BCUT2D eigenvalue weighted by Crippen LogP contribution is 2.25. The van der Waals surface area contributed by atoms with E-state index in [-0.39, 0.29) is 5.91 Å². The number of carbonyl (C=O) groups excluding carboxylic acids is 1. The minimum absolute atomic E-state index is 0.0977. The molecule has 0 bridgehead atoms. The number of ether oxygens (including phenoxy) is 2. The van der Waals surface area contributed by atoms with Gasteiger partial charge in [0.25, 0.3) is 0 Å². The van der Waals surface area contributed by atoms with E-state index in [0.29, 0.717) is 19.4 Å². The number of aromatic nitrogens is 2. The van der Waals surface area contributed by atoms with Crippen LogP contribution in [0.3, 0.4) is 0 Å². The fraction of sp³-hybridized carbons (Fsp3) is 0.474. The maximum absolute atomic E-state index is 12.5. The van der Waals surface area contributed by atoms with Crippen molar-refractivity contribution in [1.29, 1.82) is 0 Å². The fourth-order valence-corrected chi connectivity index (χ4v) is 2.93. The molecule has 0 aliphatic heterocycles. The number of benzene rings is 1. The minimum Gasteiger partial charge on any atom is -0.497 e. The first-order valence-electron chi connectivity index (χ1n) is 8.31. The zero-order valence-electron chi connectivity index (χ0n) is 15.9. The first-order chi connectivity index (χ1) is 11.9. The summed E-state index contributed by atoms with van der Waals surface area (Å²) < 4.78 is 12.5. The topological polar surface area (TPSA) is 56.6 Å². The number of rotatable bonds is 7. The van der Waals surface area contributed by atoms with Crippen LogP contribution in [0.4, 0.5) is 0 Å². The number of hydrogen-bond donors (Lipinski definition) is 0. The molecule has 6 heteroatoms. The molecule has 0 saturated carbocycles. The van der Waals surface area contributed by atoms with E-state index in [1.165, 1.54) is 0 Å². The number of nitrogens with zero attached hydrogens (tertiary/aromatic N) is 3. The smallest absolute Gasteiger partial charge is 0.222 e. The maximum atomic E-state index is 12.5. The lowest BCUT2D eigenvalue weighted by atomic mass is 10.1. The summed E-state index contributed by atoms with van der Waals surface area (Å²) in [4.78, 5) is 14.2.